The molecule has 2 aromatic heterocycles. The summed E-state index contributed by atoms with van der Waals surface area (Å²) in [7, 11) is 0. The van der Waals surface area contributed by atoms with Crippen LogP contribution < -0.4 is 5.32 Å². The van der Waals surface area contributed by atoms with E-state index in [1.165, 1.54) is 18.4 Å². The lowest BCUT2D eigenvalue weighted by Crippen LogP contribution is -2.40. The SMILES string of the molecule is CCc1oc(C(=O)N[C@H]2COC[C@H]2Cc2ccncc2)cc1CN1CCCC1. The molecule has 6 nitrogen and oxygen atoms in total. The molecule has 0 unspecified atom stereocenters. The van der Waals surface area contributed by atoms with Gasteiger partial charge in [0.05, 0.1) is 19.3 Å². The molecule has 0 aliphatic carbocycles. The monoisotopic (exact) mass is 383 g/mol. The number of carbonyl (C=O) groups excluding carboxylic acids is 1. The maximum Gasteiger partial charge on any atom is 0.287 e. The smallest absolute Gasteiger partial charge is 0.287 e. The predicted octanol–water partition coefficient (Wildman–Crippen LogP) is 2.82. The Hall–Kier alpha value is -2.18. The molecule has 1 amide bonds. The standard InChI is InChI=1S/C22H29N3O3/c1-2-20-17(13-25-9-3-4-10-25)12-21(28-20)22(26)24-19-15-27-14-18(19)11-16-5-7-23-8-6-16/h5-8,12,18-19H,2-4,9-11,13-15H2,1H3,(H,24,26)/t18-,19+/m1/s1. The molecule has 4 rings (SSSR count). The number of hydrogen-bond donors (Lipinski definition) is 1. The van der Waals surface area contributed by atoms with E-state index in [1.54, 1.807) is 12.4 Å². The van der Waals surface area contributed by atoms with Gasteiger partial charge in [0.15, 0.2) is 5.76 Å². The highest BCUT2D eigenvalue weighted by Crippen LogP contribution is 2.23. The highest BCUT2D eigenvalue weighted by atomic mass is 16.5. The van der Waals surface area contributed by atoms with Gasteiger partial charge >= 0.3 is 0 Å². The Balaban J connectivity index is 1.40. The topological polar surface area (TPSA) is 67.6 Å². The van der Waals surface area contributed by atoms with E-state index < -0.39 is 0 Å². The molecule has 4 heterocycles. The van der Waals surface area contributed by atoms with Gasteiger partial charge in [0.25, 0.3) is 5.91 Å². The zero-order valence-electron chi connectivity index (χ0n) is 16.5. The average Bonchev–Trinajstić information content (AvgIpc) is 3.45. The van der Waals surface area contributed by atoms with Gasteiger partial charge in [-0.25, -0.2) is 0 Å². The van der Waals surface area contributed by atoms with Gasteiger partial charge in [-0.2, -0.15) is 0 Å². The fourth-order valence-corrected chi connectivity index (χ4v) is 4.21. The van der Waals surface area contributed by atoms with E-state index in [9.17, 15) is 4.79 Å². The van der Waals surface area contributed by atoms with Gasteiger partial charge < -0.3 is 14.5 Å². The first-order valence-corrected chi connectivity index (χ1v) is 10.3. The molecule has 2 saturated heterocycles. The Morgan fingerprint density at radius 2 is 2.04 bits per heavy atom. The van der Waals surface area contributed by atoms with Crippen molar-refractivity contribution in [1.29, 1.82) is 0 Å². The van der Waals surface area contributed by atoms with Crippen LogP contribution >= 0.6 is 0 Å². The minimum absolute atomic E-state index is 0.00197. The number of nitrogens with one attached hydrogen (secondary N) is 1. The molecule has 0 spiro atoms. The molecule has 2 atom stereocenters. The largest absolute Gasteiger partial charge is 0.456 e. The summed E-state index contributed by atoms with van der Waals surface area (Å²) in [6.45, 7) is 6.41. The maximum absolute atomic E-state index is 12.8. The molecular weight excluding hydrogens is 354 g/mol. The normalized spacial score (nSPS) is 22.6. The van der Waals surface area contributed by atoms with E-state index in [1.807, 2.05) is 18.2 Å². The van der Waals surface area contributed by atoms with Crippen molar-refractivity contribution < 1.29 is 13.9 Å². The number of aryl methyl sites for hydroxylation is 1. The van der Waals surface area contributed by atoms with Crippen molar-refractivity contribution in [2.75, 3.05) is 26.3 Å². The van der Waals surface area contributed by atoms with E-state index >= 15 is 0 Å². The highest BCUT2D eigenvalue weighted by Gasteiger charge is 2.31. The lowest BCUT2D eigenvalue weighted by Gasteiger charge is -2.18. The summed E-state index contributed by atoms with van der Waals surface area (Å²) in [6, 6.07) is 5.96. The first-order valence-electron chi connectivity index (χ1n) is 10.3. The minimum Gasteiger partial charge on any atom is -0.456 e. The summed E-state index contributed by atoms with van der Waals surface area (Å²) in [5.74, 6) is 1.46. The summed E-state index contributed by atoms with van der Waals surface area (Å²) in [5, 5.41) is 3.14. The van der Waals surface area contributed by atoms with Crippen LogP contribution in [-0.2, 0) is 24.1 Å². The van der Waals surface area contributed by atoms with Gasteiger partial charge in [-0.3, -0.25) is 14.7 Å². The molecule has 1 N–H and O–H groups in total. The van der Waals surface area contributed by atoms with Gasteiger partial charge in [-0.1, -0.05) is 6.92 Å². The van der Waals surface area contributed by atoms with Crippen LogP contribution in [0.1, 0.15) is 47.2 Å². The molecule has 0 bridgehead atoms. The van der Waals surface area contributed by atoms with Gasteiger partial charge in [0.2, 0.25) is 0 Å². The fourth-order valence-electron chi connectivity index (χ4n) is 4.21. The van der Waals surface area contributed by atoms with Crippen molar-refractivity contribution in [1.82, 2.24) is 15.2 Å². The number of hydrogen-bond acceptors (Lipinski definition) is 5. The van der Waals surface area contributed by atoms with Gasteiger partial charge in [0.1, 0.15) is 5.76 Å². The third-order valence-corrected chi connectivity index (χ3v) is 5.80. The van der Waals surface area contributed by atoms with Crippen LogP contribution in [0.15, 0.2) is 35.0 Å². The van der Waals surface area contributed by atoms with Crippen LogP contribution in [0.3, 0.4) is 0 Å². The molecule has 2 fully saturated rings. The zero-order chi connectivity index (χ0) is 19.3. The second kappa shape index (κ2) is 8.88. The average molecular weight is 383 g/mol. The van der Waals surface area contributed by atoms with E-state index in [2.05, 4.69) is 22.1 Å². The number of furan rings is 1. The Labute approximate surface area is 166 Å². The van der Waals surface area contributed by atoms with Gasteiger partial charge in [-0.05, 0) is 56.1 Å². The quantitative estimate of drug-likeness (QED) is 0.796. The van der Waals surface area contributed by atoms with Crippen molar-refractivity contribution in [3.63, 3.8) is 0 Å². The van der Waals surface area contributed by atoms with Crippen LogP contribution in [-0.4, -0.2) is 48.1 Å². The van der Waals surface area contributed by atoms with Crippen molar-refractivity contribution in [2.45, 2.75) is 45.2 Å². The molecule has 2 aliphatic rings. The van der Waals surface area contributed by atoms with Crippen LogP contribution in [0.4, 0.5) is 0 Å². The predicted molar refractivity (Wildman–Crippen MR) is 106 cm³/mol. The number of nitrogens with zero attached hydrogens (tertiary/aromatic N) is 2. The van der Waals surface area contributed by atoms with E-state index in [0.29, 0.717) is 19.0 Å². The Bertz CT molecular complexity index is 784. The number of aromatic nitrogens is 1. The molecule has 0 radical (unpaired) electrons. The first kappa shape index (κ1) is 19.2. The summed E-state index contributed by atoms with van der Waals surface area (Å²) >= 11 is 0. The summed E-state index contributed by atoms with van der Waals surface area (Å²) in [5.41, 5.74) is 2.36. The summed E-state index contributed by atoms with van der Waals surface area (Å²) < 4.78 is 11.6. The Morgan fingerprint density at radius 3 is 2.79 bits per heavy atom. The number of pyridine rings is 1. The number of carbonyl (C=O) groups is 1. The number of ether oxygens (including phenoxy) is 1. The second-order valence-corrected chi connectivity index (χ2v) is 7.83. The Kier molecular flexibility index (Phi) is 6.07. The van der Waals surface area contributed by atoms with Crippen molar-refractivity contribution in [2.24, 2.45) is 5.92 Å². The molecule has 2 aromatic rings. The van der Waals surface area contributed by atoms with Crippen LogP contribution in [0, 0.1) is 5.92 Å². The molecular formula is C22H29N3O3. The van der Waals surface area contributed by atoms with Crippen LogP contribution in [0.2, 0.25) is 0 Å². The van der Waals surface area contributed by atoms with Crippen LogP contribution in [0.25, 0.3) is 0 Å². The number of amides is 1. The molecule has 0 aromatic carbocycles. The first-order chi connectivity index (χ1) is 13.7. The highest BCUT2D eigenvalue weighted by molar-refractivity contribution is 5.92. The van der Waals surface area contributed by atoms with Crippen molar-refractivity contribution >= 4 is 5.91 Å². The molecule has 0 saturated carbocycles. The molecule has 150 valence electrons. The zero-order valence-corrected chi connectivity index (χ0v) is 16.5. The fraction of sp³-hybridized carbons (Fsp3) is 0.545. The summed E-state index contributed by atoms with van der Waals surface area (Å²) in [6.07, 6.45) is 7.78. The Morgan fingerprint density at radius 1 is 1.25 bits per heavy atom. The van der Waals surface area contributed by atoms with Gasteiger partial charge in [0, 0.05) is 36.8 Å². The number of likely N-dealkylation sites (tertiary alicyclic amines) is 1. The molecule has 28 heavy (non-hydrogen) atoms. The van der Waals surface area contributed by atoms with Gasteiger partial charge in [-0.15, -0.1) is 0 Å². The third-order valence-electron chi connectivity index (χ3n) is 5.80. The lowest BCUT2D eigenvalue weighted by atomic mass is 9.95. The molecule has 2 aliphatic heterocycles. The van der Waals surface area contributed by atoms with E-state index in [-0.39, 0.29) is 17.9 Å². The lowest BCUT2D eigenvalue weighted by molar-refractivity contribution is 0.0895. The van der Waals surface area contributed by atoms with Crippen LogP contribution in [0.5, 0.6) is 0 Å². The molecule has 6 heteroatoms. The summed E-state index contributed by atoms with van der Waals surface area (Å²) in [4.78, 5) is 19.3. The maximum atomic E-state index is 12.8. The van der Waals surface area contributed by atoms with E-state index in [4.69, 9.17) is 9.15 Å². The second-order valence-electron chi connectivity index (χ2n) is 7.83. The third kappa shape index (κ3) is 4.45. The number of rotatable bonds is 7. The van der Waals surface area contributed by atoms with Crippen molar-refractivity contribution in [3.8, 4) is 0 Å². The van der Waals surface area contributed by atoms with Crippen molar-refractivity contribution in [3.05, 3.63) is 53.2 Å². The van der Waals surface area contributed by atoms with E-state index in [0.717, 1.165) is 43.8 Å². The minimum atomic E-state index is -0.141.